The number of nitrogens with one attached hydrogen (secondary N) is 2. The molecule has 2 N–H and O–H groups in total. The number of hydrogen-bond donors (Lipinski definition) is 2. The van der Waals surface area contributed by atoms with E-state index in [-0.39, 0.29) is 24.3 Å². The number of pyridine rings is 1. The molecule has 0 unspecified atom stereocenters. The fourth-order valence-corrected chi connectivity index (χ4v) is 2.22. The van der Waals surface area contributed by atoms with Crippen LogP contribution in [0.25, 0.3) is 5.65 Å². The minimum atomic E-state index is -0.525. The van der Waals surface area contributed by atoms with E-state index in [4.69, 9.17) is 4.74 Å². The average molecular weight is 370 g/mol. The van der Waals surface area contributed by atoms with E-state index >= 15 is 0 Å². The van der Waals surface area contributed by atoms with Crippen LogP contribution in [0.4, 0.5) is 10.7 Å². The number of halogens is 1. The summed E-state index contributed by atoms with van der Waals surface area (Å²) >= 11 is 3.29. The number of aromatic nitrogens is 3. The largest absolute Gasteiger partial charge is 0.461 e. The highest BCUT2D eigenvalue weighted by atomic mass is 79.9. The second-order valence-corrected chi connectivity index (χ2v) is 5.56. The van der Waals surface area contributed by atoms with Gasteiger partial charge in [-0.3, -0.25) is 5.32 Å². The molecule has 0 fully saturated rings. The Labute approximate surface area is 135 Å². The number of fused-ring (bicyclic) bond motifs is 1. The molecule has 2 heterocycles. The highest BCUT2D eigenvalue weighted by molar-refractivity contribution is 9.10. The van der Waals surface area contributed by atoms with Crippen LogP contribution in [0.5, 0.6) is 0 Å². The standard InChI is InChI=1S/C13H16BrN5O3/c1-4-22-11(20)10-8(14)5-6-9-16-12(18-19(9)10)17-13(21)15-7(2)3/h5-7H,4H2,1-3H3,(H2,15,17,18,21). The third-order valence-corrected chi connectivity index (χ3v) is 3.20. The van der Waals surface area contributed by atoms with Crippen LogP contribution >= 0.6 is 15.9 Å². The van der Waals surface area contributed by atoms with Gasteiger partial charge in [-0.1, -0.05) is 0 Å². The van der Waals surface area contributed by atoms with E-state index in [0.717, 1.165) is 0 Å². The van der Waals surface area contributed by atoms with Crippen LogP contribution < -0.4 is 10.6 Å². The summed E-state index contributed by atoms with van der Waals surface area (Å²) in [6.45, 7) is 5.65. The lowest BCUT2D eigenvalue weighted by molar-refractivity contribution is 0.0515. The van der Waals surface area contributed by atoms with Gasteiger partial charge in [0.05, 0.1) is 11.1 Å². The van der Waals surface area contributed by atoms with Gasteiger partial charge < -0.3 is 10.1 Å². The highest BCUT2D eigenvalue weighted by Gasteiger charge is 2.19. The Morgan fingerprint density at radius 2 is 2.14 bits per heavy atom. The quantitative estimate of drug-likeness (QED) is 0.805. The summed E-state index contributed by atoms with van der Waals surface area (Å²) in [5, 5.41) is 9.31. The Bertz CT molecular complexity index is 713. The zero-order valence-electron chi connectivity index (χ0n) is 12.4. The molecular formula is C13H16BrN5O3. The molecule has 0 spiro atoms. The van der Waals surface area contributed by atoms with Gasteiger partial charge >= 0.3 is 12.0 Å². The van der Waals surface area contributed by atoms with E-state index < -0.39 is 12.0 Å². The molecular weight excluding hydrogens is 354 g/mol. The Morgan fingerprint density at radius 1 is 1.41 bits per heavy atom. The third kappa shape index (κ3) is 3.53. The summed E-state index contributed by atoms with van der Waals surface area (Å²) < 4.78 is 6.86. The second-order valence-electron chi connectivity index (χ2n) is 4.71. The van der Waals surface area contributed by atoms with Crippen LogP contribution in [0, 0.1) is 0 Å². The van der Waals surface area contributed by atoms with Crippen molar-refractivity contribution in [1.29, 1.82) is 0 Å². The van der Waals surface area contributed by atoms with Crippen molar-refractivity contribution >= 4 is 39.5 Å². The second kappa shape index (κ2) is 6.73. The molecule has 0 bridgehead atoms. The lowest BCUT2D eigenvalue weighted by Crippen LogP contribution is -2.34. The minimum absolute atomic E-state index is 0.0127. The van der Waals surface area contributed by atoms with Crippen molar-refractivity contribution in [3.8, 4) is 0 Å². The van der Waals surface area contributed by atoms with E-state index in [1.807, 2.05) is 13.8 Å². The summed E-state index contributed by atoms with van der Waals surface area (Å²) in [7, 11) is 0. The third-order valence-electron chi connectivity index (χ3n) is 2.56. The number of urea groups is 1. The van der Waals surface area contributed by atoms with Gasteiger partial charge in [0.2, 0.25) is 0 Å². The normalized spacial score (nSPS) is 10.8. The van der Waals surface area contributed by atoms with Gasteiger partial charge in [-0.05, 0) is 48.8 Å². The molecule has 8 nitrogen and oxygen atoms in total. The van der Waals surface area contributed by atoms with Crippen LogP contribution in [0.2, 0.25) is 0 Å². The fourth-order valence-electron chi connectivity index (χ4n) is 1.76. The molecule has 118 valence electrons. The van der Waals surface area contributed by atoms with E-state index in [1.165, 1.54) is 4.52 Å². The first kappa shape index (κ1) is 16.2. The van der Waals surface area contributed by atoms with Crippen molar-refractivity contribution in [2.45, 2.75) is 26.8 Å². The molecule has 0 saturated carbocycles. The molecule has 0 radical (unpaired) electrons. The lowest BCUT2D eigenvalue weighted by atomic mass is 10.3. The van der Waals surface area contributed by atoms with Crippen molar-refractivity contribution in [2.24, 2.45) is 0 Å². The van der Waals surface area contributed by atoms with Crippen molar-refractivity contribution in [3.63, 3.8) is 0 Å². The molecule has 22 heavy (non-hydrogen) atoms. The molecule has 0 aliphatic heterocycles. The molecule has 2 aromatic heterocycles. The topological polar surface area (TPSA) is 97.6 Å². The molecule has 0 saturated heterocycles. The monoisotopic (exact) mass is 369 g/mol. The number of carbonyl (C=O) groups is 2. The van der Waals surface area contributed by atoms with Crippen LogP contribution in [0.3, 0.4) is 0 Å². The summed E-state index contributed by atoms with van der Waals surface area (Å²) in [5.74, 6) is -0.426. The van der Waals surface area contributed by atoms with Crippen molar-refractivity contribution in [1.82, 2.24) is 19.9 Å². The Morgan fingerprint density at radius 3 is 2.77 bits per heavy atom. The number of anilines is 1. The summed E-state index contributed by atoms with van der Waals surface area (Å²) in [4.78, 5) is 27.8. The number of rotatable bonds is 4. The van der Waals surface area contributed by atoms with E-state index in [2.05, 4.69) is 36.6 Å². The first-order chi connectivity index (χ1) is 10.4. The molecule has 0 atom stereocenters. The number of carbonyl (C=O) groups excluding carboxylic acids is 2. The average Bonchev–Trinajstić information content (AvgIpc) is 2.79. The molecule has 0 aliphatic rings. The van der Waals surface area contributed by atoms with Crippen LogP contribution in [-0.2, 0) is 4.74 Å². The predicted molar refractivity (Wildman–Crippen MR) is 83.9 cm³/mol. The Balaban J connectivity index is 2.35. The van der Waals surface area contributed by atoms with Gasteiger partial charge in [-0.2, -0.15) is 4.98 Å². The minimum Gasteiger partial charge on any atom is -0.461 e. The maximum atomic E-state index is 12.0. The molecule has 0 aromatic carbocycles. The van der Waals surface area contributed by atoms with Gasteiger partial charge in [-0.15, -0.1) is 5.10 Å². The van der Waals surface area contributed by atoms with E-state index in [1.54, 1.807) is 19.1 Å². The van der Waals surface area contributed by atoms with Crippen molar-refractivity contribution in [3.05, 3.63) is 22.3 Å². The Hall–Kier alpha value is -2.16. The lowest BCUT2D eigenvalue weighted by Gasteiger charge is -2.07. The van der Waals surface area contributed by atoms with Gasteiger partial charge in [-0.25, -0.2) is 14.1 Å². The molecule has 2 aromatic rings. The SMILES string of the molecule is CCOC(=O)c1c(Br)ccc2nc(NC(=O)NC(C)C)nn12. The highest BCUT2D eigenvalue weighted by Crippen LogP contribution is 2.20. The van der Waals surface area contributed by atoms with Crippen molar-refractivity contribution < 1.29 is 14.3 Å². The maximum absolute atomic E-state index is 12.0. The van der Waals surface area contributed by atoms with Crippen LogP contribution in [0.15, 0.2) is 16.6 Å². The number of hydrogen-bond acceptors (Lipinski definition) is 5. The Kier molecular flexibility index (Phi) is 4.96. The smallest absolute Gasteiger partial charge is 0.358 e. The van der Waals surface area contributed by atoms with Gasteiger partial charge in [0, 0.05) is 6.04 Å². The van der Waals surface area contributed by atoms with Crippen molar-refractivity contribution in [2.75, 3.05) is 11.9 Å². The van der Waals surface area contributed by atoms with Gasteiger partial charge in [0.15, 0.2) is 11.3 Å². The zero-order chi connectivity index (χ0) is 16.3. The maximum Gasteiger partial charge on any atom is 0.358 e. The van der Waals surface area contributed by atoms with E-state index in [9.17, 15) is 9.59 Å². The van der Waals surface area contributed by atoms with Gasteiger partial charge in [0.1, 0.15) is 0 Å². The number of nitrogens with zero attached hydrogens (tertiary/aromatic N) is 3. The number of ether oxygens (including phenoxy) is 1. The first-order valence-electron chi connectivity index (χ1n) is 6.72. The fraction of sp³-hybridized carbons (Fsp3) is 0.385. The summed E-state index contributed by atoms with van der Waals surface area (Å²) in [5.41, 5.74) is 0.635. The zero-order valence-corrected chi connectivity index (χ0v) is 14.0. The number of esters is 1. The number of amides is 2. The molecule has 9 heteroatoms. The van der Waals surface area contributed by atoms with Gasteiger partial charge in [0.25, 0.3) is 5.95 Å². The molecule has 2 rings (SSSR count). The summed E-state index contributed by atoms with van der Waals surface area (Å²) in [6, 6.07) is 2.92. The van der Waals surface area contributed by atoms with Crippen LogP contribution in [-0.4, -0.2) is 39.2 Å². The predicted octanol–water partition coefficient (Wildman–Crippen LogP) is 2.20. The molecule has 2 amide bonds. The van der Waals surface area contributed by atoms with Crippen LogP contribution in [0.1, 0.15) is 31.3 Å². The first-order valence-corrected chi connectivity index (χ1v) is 7.51. The summed E-state index contributed by atoms with van der Waals surface area (Å²) in [6.07, 6.45) is 0. The molecule has 0 aliphatic carbocycles. The van der Waals surface area contributed by atoms with E-state index in [0.29, 0.717) is 10.1 Å².